The zero-order valence-corrected chi connectivity index (χ0v) is 10.4. The second-order valence-electron chi connectivity index (χ2n) is 3.76. The Morgan fingerprint density at radius 3 is 2.47 bits per heavy atom. The number of pyridine rings is 1. The minimum Gasteiger partial charge on any atom is -0.239 e. The van der Waals surface area contributed by atoms with Crippen LogP contribution >= 0.6 is 15.9 Å². The van der Waals surface area contributed by atoms with Crippen LogP contribution in [0.1, 0.15) is 0 Å². The summed E-state index contributed by atoms with van der Waals surface area (Å²) in [7, 11) is 0. The normalized spacial score (nSPS) is 10.9. The lowest BCUT2D eigenvalue weighted by molar-refractivity contribution is 0.628. The quantitative estimate of drug-likeness (QED) is 0.664. The maximum Gasteiger partial charge on any atom is 0.129 e. The summed E-state index contributed by atoms with van der Waals surface area (Å²) in [5.74, 6) is -0.225. The summed E-state index contributed by atoms with van der Waals surface area (Å²) in [4.78, 5) is 0. The Balaban J connectivity index is 2.13. The van der Waals surface area contributed by atoms with Gasteiger partial charge in [0.15, 0.2) is 0 Å². The van der Waals surface area contributed by atoms with Gasteiger partial charge in [-0.3, -0.25) is 0 Å². The van der Waals surface area contributed by atoms with Gasteiger partial charge in [0.1, 0.15) is 10.4 Å². The molecule has 0 aliphatic heterocycles. The van der Waals surface area contributed by atoms with Crippen LogP contribution in [0.4, 0.5) is 4.39 Å². The minimum atomic E-state index is -0.225. The van der Waals surface area contributed by atoms with Gasteiger partial charge in [0.2, 0.25) is 0 Å². The summed E-state index contributed by atoms with van der Waals surface area (Å²) >= 11 is 3.33. The minimum absolute atomic E-state index is 0.225. The molecule has 0 aliphatic carbocycles. The smallest absolute Gasteiger partial charge is 0.129 e. The van der Waals surface area contributed by atoms with Gasteiger partial charge in [0, 0.05) is 11.8 Å². The standard InChI is InChI=1S/C13H8BrFN2/c14-13-7-12-6-3-10(8-17(12)16-13)9-1-4-11(15)5-2-9/h1-8H. The number of hydrogen-bond donors (Lipinski definition) is 0. The highest BCUT2D eigenvalue weighted by molar-refractivity contribution is 9.10. The molecule has 0 bridgehead atoms. The van der Waals surface area contributed by atoms with E-state index in [2.05, 4.69) is 21.0 Å². The van der Waals surface area contributed by atoms with Crippen LogP contribution in [0.3, 0.4) is 0 Å². The summed E-state index contributed by atoms with van der Waals surface area (Å²) in [5, 5.41) is 4.28. The summed E-state index contributed by atoms with van der Waals surface area (Å²) in [6.45, 7) is 0. The topological polar surface area (TPSA) is 17.3 Å². The molecule has 0 aliphatic rings. The Hall–Kier alpha value is -1.68. The second-order valence-corrected chi connectivity index (χ2v) is 4.57. The molecule has 84 valence electrons. The molecule has 17 heavy (non-hydrogen) atoms. The van der Waals surface area contributed by atoms with Gasteiger partial charge in [-0.05, 0) is 45.8 Å². The van der Waals surface area contributed by atoms with Crippen LogP contribution in [0.25, 0.3) is 16.6 Å². The van der Waals surface area contributed by atoms with Crippen LogP contribution < -0.4 is 0 Å². The third kappa shape index (κ3) is 1.96. The van der Waals surface area contributed by atoms with E-state index in [1.54, 1.807) is 16.6 Å². The monoisotopic (exact) mass is 290 g/mol. The number of halogens is 2. The first-order valence-corrected chi connectivity index (χ1v) is 5.92. The molecule has 4 heteroatoms. The number of aromatic nitrogens is 2. The van der Waals surface area contributed by atoms with Gasteiger partial charge in [-0.15, -0.1) is 0 Å². The Bertz CT molecular complexity index is 673. The summed E-state index contributed by atoms with van der Waals surface area (Å²) in [5.41, 5.74) is 3.00. The number of hydrogen-bond acceptors (Lipinski definition) is 1. The van der Waals surface area contributed by atoms with E-state index in [1.807, 2.05) is 24.4 Å². The van der Waals surface area contributed by atoms with Crippen molar-refractivity contribution >= 4 is 21.4 Å². The fourth-order valence-electron chi connectivity index (χ4n) is 1.77. The molecule has 3 aromatic rings. The summed E-state index contributed by atoms with van der Waals surface area (Å²) in [6, 6.07) is 12.3. The molecule has 2 aromatic heterocycles. The van der Waals surface area contributed by atoms with E-state index in [1.165, 1.54) is 12.1 Å². The fourth-order valence-corrected chi connectivity index (χ4v) is 2.17. The van der Waals surface area contributed by atoms with Crippen molar-refractivity contribution in [2.75, 3.05) is 0 Å². The van der Waals surface area contributed by atoms with E-state index in [0.717, 1.165) is 21.2 Å². The van der Waals surface area contributed by atoms with E-state index >= 15 is 0 Å². The molecular formula is C13H8BrFN2. The van der Waals surface area contributed by atoms with Crippen LogP contribution in [-0.2, 0) is 0 Å². The first-order valence-electron chi connectivity index (χ1n) is 5.13. The van der Waals surface area contributed by atoms with Crippen molar-refractivity contribution in [1.82, 2.24) is 9.61 Å². The lowest BCUT2D eigenvalue weighted by Gasteiger charge is -2.02. The molecule has 3 rings (SSSR count). The van der Waals surface area contributed by atoms with Gasteiger partial charge < -0.3 is 0 Å². The number of rotatable bonds is 1. The molecule has 0 unspecified atom stereocenters. The van der Waals surface area contributed by atoms with Gasteiger partial charge >= 0.3 is 0 Å². The highest BCUT2D eigenvalue weighted by Crippen LogP contribution is 2.21. The maximum absolute atomic E-state index is 12.8. The number of nitrogens with zero attached hydrogens (tertiary/aromatic N) is 2. The molecule has 1 aromatic carbocycles. The fraction of sp³-hybridized carbons (Fsp3) is 0. The van der Waals surface area contributed by atoms with Crippen molar-refractivity contribution in [2.24, 2.45) is 0 Å². The lowest BCUT2D eigenvalue weighted by atomic mass is 10.1. The van der Waals surface area contributed by atoms with E-state index in [0.29, 0.717) is 0 Å². The largest absolute Gasteiger partial charge is 0.239 e. The first-order chi connectivity index (χ1) is 8.22. The molecule has 0 radical (unpaired) electrons. The van der Waals surface area contributed by atoms with Crippen LogP contribution in [0.15, 0.2) is 53.3 Å². The van der Waals surface area contributed by atoms with Crippen LogP contribution in [0, 0.1) is 5.82 Å². The van der Waals surface area contributed by atoms with Crippen molar-refractivity contribution in [3.8, 4) is 11.1 Å². The van der Waals surface area contributed by atoms with E-state index in [4.69, 9.17) is 0 Å². The maximum atomic E-state index is 12.8. The average Bonchev–Trinajstić information content (AvgIpc) is 2.69. The number of fused-ring (bicyclic) bond motifs is 1. The predicted molar refractivity (Wildman–Crippen MR) is 68.3 cm³/mol. The molecule has 0 saturated heterocycles. The highest BCUT2D eigenvalue weighted by atomic mass is 79.9. The van der Waals surface area contributed by atoms with E-state index in [-0.39, 0.29) is 5.82 Å². The molecule has 2 nitrogen and oxygen atoms in total. The summed E-state index contributed by atoms with van der Waals surface area (Å²) < 4.78 is 15.4. The first kappa shape index (κ1) is 10.5. The van der Waals surface area contributed by atoms with Gasteiger partial charge in [0.25, 0.3) is 0 Å². The zero-order chi connectivity index (χ0) is 11.8. The zero-order valence-electron chi connectivity index (χ0n) is 8.77. The van der Waals surface area contributed by atoms with Gasteiger partial charge in [-0.25, -0.2) is 8.91 Å². The number of benzene rings is 1. The predicted octanol–water partition coefficient (Wildman–Crippen LogP) is 3.90. The van der Waals surface area contributed by atoms with Crippen LogP contribution in [0.5, 0.6) is 0 Å². The Kier molecular flexibility index (Phi) is 2.44. The average molecular weight is 291 g/mol. The Morgan fingerprint density at radius 2 is 1.71 bits per heavy atom. The van der Waals surface area contributed by atoms with Crippen molar-refractivity contribution in [2.45, 2.75) is 0 Å². The van der Waals surface area contributed by atoms with E-state index < -0.39 is 0 Å². The molecule has 0 atom stereocenters. The molecule has 0 N–H and O–H groups in total. The van der Waals surface area contributed by atoms with Crippen molar-refractivity contribution < 1.29 is 4.39 Å². The molecular weight excluding hydrogens is 283 g/mol. The highest BCUT2D eigenvalue weighted by Gasteiger charge is 2.02. The van der Waals surface area contributed by atoms with Crippen LogP contribution in [0.2, 0.25) is 0 Å². The second kappa shape index (κ2) is 3.96. The van der Waals surface area contributed by atoms with Crippen LogP contribution in [-0.4, -0.2) is 9.61 Å². The molecule has 2 heterocycles. The van der Waals surface area contributed by atoms with E-state index in [9.17, 15) is 4.39 Å². The van der Waals surface area contributed by atoms with Crippen molar-refractivity contribution in [3.63, 3.8) is 0 Å². The molecule has 0 saturated carbocycles. The SMILES string of the molecule is Fc1ccc(-c2ccc3cc(Br)nn3c2)cc1. The molecule has 0 amide bonds. The molecule has 0 spiro atoms. The third-order valence-corrected chi connectivity index (χ3v) is 2.99. The third-order valence-electron chi connectivity index (χ3n) is 2.61. The van der Waals surface area contributed by atoms with Gasteiger partial charge in [-0.1, -0.05) is 18.2 Å². The Labute approximate surface area is 106 Å². The van der Waals surface area contributed by atoms with Gasteiger partial charge in [0.05, 0.1) is 5.52 Å². The van der Waals surface area contributed by atoms with Crippen molar-refractivity contribution in [1.29, 1.82) is 0 Å². The molecule has 0 fully saturated rings. The lowest BCUT2D eigenvalue weighted by Crippen LogP contribution is -1.88. The Morgan fingerprint density at radius 1 is 1.00 bits per heavy atom. The summed E-state index contributed by atoms with van der Waals surface area (Å²) in [6.07, 6.45) is 1.92. The van der Waals surface area contributed by atoms with Crippen molar-refractivity contribution in [3.05, 3.63) is 59.1 Å². The van der Waals surface area contributed by atoms with Gasteiger partial charge in [-0.2, -0.15) is 5.10 Å².